The molecule has 7 atom stereocenters. The minimum absolute atomic E-state index is 0.0468. The Morgan fingerprint density at radius 1 is 1.13 bits per heavy atom. The zero-order valence-corrected chi connectivity index (χ0v) is 20.2. The first kappa shape index (κ1) is 23.0. The van der Waals surface area contributed by atoms with Crippen molar-refractivity contribution < 1.29 is 19.4 Å². The van der Waals surface area contributed by atoms with Gasteiger partial charge in [0.2, 0.25) is 0 Å². The average molecular weight is 431 g/mol. The van der Waals surface area contributed by atoms with Crippen molar-refractivity contribution in [3.8, 4) is 0 Å². The van der Waals surface area contributed by atoms with Gasteiger partial charge >= 0.3 is 5.97 Å². The van der Waals surface area contributed by atoms with E-state index in [1.54, 1.807) is 0 Å². The average Bonchev–Trinajstić information content (AvgIpc) is 3.60. The van der Waals surface area contributed by atoms with Crippen LogP contribution in [0.2, 0.25) is 0 Å². The lowest BCUT2D eigenvalue weighted by molar-refractivity contribution is -0.201. The van der Waals surface area contributed by atoms with Gasteiger partial charge in [-0.05, 0) is 93.0 Å². The molecule has 5 aliphatic rings. The van der Waals surface area contributed by atoms with E-state index >= 15 is 0 Å². The lowest BCUT2D eigenvalue weighted by Crippen LogP contribution is -2.61. The molecule has 0 radical (unpaired) electrons. The van der Waals surface area contributed by atoms with Crippen LogP contribution >= 0.6 is 0 Å². The smallest absolute Gasteiger partial charge is 0.333 e. The van der Waals surface area contributed by atoms with Gasteiger partial charge < -0.3 is 14.6 Å². The maximum atomic E-state index is 12.7. The molecule has 1 N–H and O–H groups in total. The van der Waals surface area contributed by atoms with Gasteiger partial charge in [-0.25, -0.2) is 4.79 Å². The number of aliphatic hydroxyl groups excluding tert-OH is 1. The molecule has 1 saturated heterocycles. The highest BCUT2D eigenvalue weighted by Gasteiger charge is 2.68. The molecule has 0 aromatic carbocycles. The van der Waals surface area contributed by atoms with Crippen LogP contribution in [0.1, 0.15) is 79.6 Å². The predicted molar refractivity (Wildman–Crippen MR) is 122 cm³/mol. The normalized spacial score (nSPS) is 45.0. The molecule has 1 heterocycles. The van der Waals surface area contributed by atoms with E-state index in [0.29, 0.717) is 23.3 Å². The summed E-state index contributed by atoms with van der Waals surface area (Å²) >= 11 is 0. The van der Waals surface area contributed by atoms with Gasteiger partial charge in [0, 0.05) is 11.0 Å². The number of hydrogen-bond donors (Lipinski definition) is 1. The fourth-order valence-electron chi connectivity index (χ4n) is 8.06. The summed E-state index contributed by atoms with van der Waals surface area (Å²) in [5.74, 6) is 1.39. The molecule has 0 aromatic rings. The molecular formula is C27H42O4. The van der Waals surface area contributed by atoms with Crippen molar-refractivity contribution in [3.63, 3.8) is 0 Å². The molecular weight excluding hydrogens is 388 g/mol. The van der Waals surface area contributed by atoms with Gasteiger partial charge in [-0.1, -0.05) is 33.4 Å². The highest BCUT2D eigenvalue weighted by atomic mass is 16.6. The van der Waals surface area contributed by atoms with Gasteiger partial charge in [0.1, 0.15) is 6.10 Å². The third-order valence-corrected chi connectivity index (χ3v) is 9.90. The molecule has 5 rings (SSSR count). The van der Waals surface area contributed by atoms with Crippen molar-refractivity contribution >= 4 is 5.97 Å². The first-order chi connectivity index (χ1) is 14.6. The molecule has 6 unspecified atom stereocenters. The third kappa shape index (κ3) is 3.62. The SMILES string of the molecule is C1CO1.C=C1C(OC(=O)C(C)=CC)C23CCC4C(C)(C)C(O)CCC4(C)C2CC[C@@H]1C3. The first-order valence-electron chi connectivity index (χ1n) is 12.4. The van der Waals surface area contributed by atoms with Crippen molar-refractivity contribution in [2.24, 2.45) is 34.0 Å². The second kappa shape index (κ2) is 8.02. The Kier molecular flexibility index (Phi) is 5.96. The highest BCUT2D eigenvalue weighted by molar-refractivity contribution is 5.88. The monoisotopic (exact) mass is 430 g/mol. The van der Waals surface area contributed by atoms with Crippen LogP contribution in [0, 0.1) is 34.0 Å². The maximum Gasteiger partial charge on any atom is 0.333 e. The summed E-state index contributed by atoms with van der Waals surface area (Å²) in [6.07, 6.45) is 9.19. The quantitative estimate of drug-likeness (QED) is 0.274. The summed E-state index contributed by atoms with van der Waals surface area (Å²) in [7, 11) is 0. The van der Waals surface area contributed by atoms with Crippen molar-refractivity contribution in [3.05, 3.63) is 23.8 Å². The van der Waals surface area contributed by atoms with Gasteiger partial charge in [-0.2, -0.15) is 0 Å². The number of allylic oxidation sites excluding steroid dienone is 1. The van der Waals surface area contributed by atoms with Gasteiger partial charge in [-0.3, -0.25) is 0 Å². The van der Waals surface area contributed by atoms with Crippen LogP contribution in [-0.2, 0) is 14.3 Å². The number of esters is 1. The Labute approximate surface area is 188 Å². The first-order valence-corrected chi connectivity index (χ1v) is 12.4. The van der Waals surface area contributed by atoms with Gasteiger partial charge in [0.25, 0.3) is 0 Å². The number of epoxide rings is 1. The molecule has 31 heavy (non-hydrogen) atoms. The Bertz CT molecular complexity index is 762. The second-order valence-corrected chi connectivity index (χ2v) is 11.7. The summed E-state index contributed by atoms with van der Waals surface area (Å²) in [5, 5.41) is 10.7. The Hall–Kier alpha value is -1.13. The topological polar surface area (TPSA) is 59.1 Å². The number of rotatable bonds is 2. The molecule has 4 aliphatic carbocycles. The van der Waals surface area contributed by atoms with Crippen molar-refractivity contribution in [1.82, 2.24) is 0 Å². The molecule has 0 aromatic heterocycles. The largest absolute Gasteiger partial charge is 0.454 e. The predicted octanol–water partition coefficient (Wildman–Crippen LogP) is 5.45. The number of fused-ring (bicyclic) bond motifs is 3. The van der Waals surface area contributed by atoms with Crippen molar-refractivity contribution in [2.45, 2.75) is 91.8 Å². The minimum atomic E-state index is -0.208. The summed E-state index contributed by atoms with van der Waals surface area (Å²) in [5.41, 5.74) is 2.06. The summed E-state index contributed by atoms with van der Waals surface area (Å²) < 4.78 is 10.7. The van der Waals surface area contributed by atoms with Crippen LogP contribution in [0.15, 0.2) is 23.8 Å². The highest BCUT2D eigenvalue weighted by Crippen LogP contribution is 2.72. The Morgan fingerprint density at radius 2 is 1.81 bits per heavy atom. The molecule has 4 nitrogen and oxygen atoms in total. The van der Waals surface area contributed by atoms with E-state index in [1.165, 1.54) is 12.8 Å². The van der Waals surface area contributed by atoms with E-state index in [0.717, 1.165) is 50.9 Å². The molecule has 5 fully saturated rings. The molecule has 4 saturated carbocycles. The molecule has 4 heteroatoms. The zero-order chi connectivity index (χ0) is 22.6. The van der Waals surface area contributed by atoms with Crippen molar-refractivity contribution in [2.75, 3.05) is 13.2 Å². The summed E-state index contributed by atoms with van der Waals surface area (Å²) in [6, 6.07) is 0. The van der Waals surface area contributed by atoms with Crippen molar-refractivity contribution in [1.29, 1.82) is 0 Å². The Balaban J connectivity index is 0.000000710. The van der Waals surface area contributed by atoms with Crippen LogP contribution in [0.25, 0.3) is 0 Å². The van der Waals surface area contributed by atoms with Gasteiger partial charge in [0.05, 0.1) is 19.3 Å². The lowest BCUT2D eigenvalue weighted by atomic mass is 9.40. The molecule has 2 bridgehead atoms. The standard InChI is InChI=1S/C25H38O3.C2H4O/c1-7-15(2)22(27)28-21-16(3)17-8-9-19-24(6)12-11-20(26)23(4,5)18(24)10-13-25(19,21)14-17;1-2-3-1/h7,17-21,26H,3,8-14H2,1-2,4-6H3;1-2H2/t17-,18?,19?,20?,21?,24?,25?;/m1./s1. The van der Waals surface area contributed by atoms with E-state index < -0.39 is 0 Å². The van der Waals surface area contributed by atoms with Crippen LogP contribution in [0.5, 0.6) is 0 Å². The van der Waals surface area contributed by atoms with Gasteiger partial charge in [-0.15, -0.1) is 0 Å². The molecule has 1 aliphatic heterocycles. The fraction of sp³-hybridized carbons (Fsp3) is 0.815. The molecule has 0 amide bonds. The minimum Gasteiger partial charge on any atom is -0.454 e. The number of aliphatic hydroxyl groups is 1. The molecule has 174 valence electrons. The number of carbonyl (C=O) groups excluding carboxylic acids is 1. The van der Waals surface area contributed by atoms with E-state index in [1.807, 2.05) is 19.9 Å². The van der Waals surface area contributed by atoms with E-state index in [-0.39, 0.29) is 34.4 Å². The zero-order valence-electron chi connectivity index (χ0n) is 20.2. The molecule has 1 spiro atoms. The van der Waals surface area contributed by atoms with E-state index in [2.05, 4.69) is 32.1 Å². The number of hydrogen-bond acceptors (Lipinski definition) is 4. The summed E-state index contributed by atoms with van der Waals surface area (Å²) in [6.45, 7) is 17.2. The summed E-state index contributed by atoms with van der Waals surface area (Å²) in [4.78, 5) is 12.7. The second-order valence-electron chi connectivity index (χ2n) is 11.7. The van der Waals surface area contributed by atoms with Crippen LogP contribution in [0.3, 0.4) is 0 Å². The van der Waals surface area contributed by atoms with Gasteiger partial charge in [0.15, 0.2) is 0 Å². The van der Waals surface area contributed by atoms with Crippen LogP contribution in [-0.4, -0.2) is 36.5 Å². The van der Waals surface area contributed by atoms with Crippen LogP contribution in [0.4, 0.5) is 0 Å². The fourth-order valence-corrected chi connectivity index (χ4v) is 8.06. The Morgan fingerprint density at radius 3 is 2.42 bits per heavy atom. The van der Waals surface area contributed by atoms with Crippen LogP contribution < -0.4 is 0 Å². The lowest BCUT2D eigenvalue weighted by Gasteiger charge is -2.65. The maximum absolute atomic E-state index is 12.7. The third-order valence-electron chi connectivity index (χ3n) is 9.90. The van der Waals surface area contributed by atoms with E-state index in [9.17, 15) is 9.90 Å². The number of ether oxygens (including phenoxy) is 2. The number of carbonyl (C=O) groups is 1. The van der Waals surface area contributed by atoms with E-state index in [4.69, 9.17) is 4.74 Å².